The van der Waals surface area contributed by atoms with Gasteiger partial charge in [-0.25, -0.2) is 9.97 Å². The molecule has 0 spiro atoms. The number of nitrogens with one attached hydrogen (secondary N) is 1. The van der Waals surface area contributed by atoms with Crippen LogP contribution in [0.4, 0.5) is 24.8 Å². The highest BCUT2D eigenvalue weighted by Crippen LogP contribution is 2.31. The number of aromatic nitrogens is 2. The molecule has 2 fully saturated rings. The zero-order chi connectivity index (χ0) is 22.6. The molecule has 2 saturated heterocycles. The van der Waals surface area contributed by atoms with Gasteiger partial charge in [0.05, 0.1) is 5.56 Å². The minimum Gasteiger partial charge on any atom is -0.406 e. The van der Waals surface area contributed by atoms with Crippen LogP contribution >= 0.6 is 0 Å². The van der Waals surface area contributed by atoms with E-state index in [0.717, 1.165) is 32.4 Å². The Bertz CT molecular complexity index is 927. The molecule has 11 heteroatoms. The summed E-state index contributed by atoms with van der Waals surface area (Å²) in [5, 5.41) is 2.98. The fraction of sp³-hybridized carbons (Fsp3) is 0.476. The molecule has 0 saturated carbocycles. The molecule has 0 aliphatic carbocycles. The molecule has 2 aromatic rings. The fourth-order valence-electron chi connectivity index (χ4n) is 3.49. The standard InChI is InChI=1S/C21H24F3N5O3/c22-21(23,24)32-18-9-15(8-17(10-18)28-5-3-6-28)11-25-20-26-12-16(13-27-20)19(30)29-4-1-2-7-31-14-29/h8-10,12-13H,1-7,11,14H2,(H,25,26,27). The molecule has 2 aliphatic rings. The molecule has 1 aromatic heterocycles. The third kappa shape index (κ3) is 5.78. The van der Waals surface area contributed by atoms with E-state index in [9.17, 15) is 18.0 Å². The molecule has 172 valence electrons. The number of ether oxygens (including phenoxy) is 2. The number of benzene rings is 1. The van der Waals surface area contributed by atoms with Crippen LogP contribution in [-0.4, -0.2) is 60.1 Å². The molecule has 4 rings (SSSR count). The topological polar surface area (TPSA) is 79.8 Å². The summed E-state index contributed by atoms with van der Waals surface area (Å²) in [6.07, 6.45) is 0.887. The van der Waals surface area contributed by atoms with Gasteiger partial charge in [-0.1, -0.05) is 0 Å². The van der Waals surface area contributed by atoms with E-state index in [-0.39, 0.29) is 30.9 Å². The summed E-state index contributed by atoms with van der Waals surface area (Å²) >= 11 is 0. The second-order valence-electron chi connectivity index (χ2n) is 7.69. The fourth-order valence-corrected chi connectivity index (χ4v) is 3.49. The molecule has 0 unspecified atom stereocenters. The molecular weight excluding hydrogens is 427 g/mol. The van der Waals surface area contributed by atoms with Gasteiger partial charge >= 0.3 is 6.36 Å². The van der Waals surface area contributed by atoms with Crippen molar-refractivity contribution in [3.63, 3.8) is 0 Å². The Morgan fingerprint density at radius 1 is 1.09 bits per heavy atom. The Morgan fingerprint density at radius 3 is 2.56 bits per heavy atom. The lowest BCUT2D eigenvalue weighted by atomic mass is 10.1. The van der Waals surface area contributed by atoms with Crippen LogP contribution in [0.3, 0.4) is 0 Å². The van der Waals surface area contributed by atoms with Crippen molar-refractivity contribution in [1.82, 2.24) is 14.9 Å². The second kappa shape index (κ2) is 9.60. The predicted octanol–water partition coefficient (Wildman–Crippen LogP) is 3.41. The highest BCUT2D eigenvalue weighted by atomic mass is 19.4. The van der Waals surface area contributed by atoms with E-state index in [1.807, 2.05) is 11.0 Å². The minimum atomic E-state index is -4.76. The summed E-state index contributed by atoms with van der Waals surface area (Å²) < 4.78 is 47.6. The van der Waals surface area contributed by atoms with Gasteiger partial charge in [0.25, 0.3) is 5.91 Å². The summed E-state index contributed by atoms with van der Waals surface area (Å²) in [7, 11) is 0. The van der Waals surface area contributed by atoms with Crippen molar-refractivity contribution in [3.05, 3.63) is 41.7 Å². The van der Waals surface area contributed by atoms with Crippen LogP contribution in [0.1, 0.15) is 35.2 Å². The Labute approximate surface area is 183 Å². The smallest absolute Gasteiger partial charge is 0.406 e. The number of anilines is 2. The maximum absolute atomic E-state index is 12.7. The first-order valence-corrected chi connectivity index (χ1v) is 10.4. The van der Waals surface area contributed by atoms with Gasteiger partial charge < -0.3 is 24.6 Å². The van der Waals surface area contributed by atoms with Gasteiger partial charge in [-0.3, -0.25) is 4.79 Å². The average Bonchev–Trinajstić information content (AvgIpc) is 2.99. The van der Waals surface area contributed by atoms with E-state index in [4.69, 9.17) is 4.74 Å². The molecule has 1 N–H and O–H groups in total. The monoisotopic (exact) mass is 451 g/mol. The molecule has 2 aliphatic heterocycles. The van der Waals surface area contributed by atoms with Crippen LogP contribution < -0.4 is 15.0 Å². The van der Waals surface area contributed by atoms with E-state index in [2.05, 4.69) is 20.0 Å². The number of rotatable bonds is 6. The van der Waals surface area contributed by atoms with Crippen molar-refractivity contribution < 1.29 is 27.4 Å². The molecule has 1 amide bonds. The predicted molar refractivity (Wildman–Crippen MR) is 110 cm³/mol. The maximum atomic E-state index is 12.7. The van der Waals surface area contributed by atoms with Crippen molar-refractivity contribution in [3.8, 4) is 5.75 Å². The highest BCUT2D eigenvalue weighted by Gasteiger charge is 2.31. The minimum absolute atomic E-state index is 0.198. The van der Waals surface area contributed by atoms with E-state index >= 15 is 0 Å². The molecule has 0 radical (unpaired) electrons. The van der Waals surface area contributed by atoms with E-state index in [0.29, 0.717) is 30.0 Å². The van der Waals surface area contributed by atoms with Crippen LogP contribution in [0.5, 0.6) is 5.75 Å². The third-order valence-electron chi connectivity index (χ3n) is 5.26. The van der Waals surface area contributed by atoms with Crippen LogP contribution in [-0.2, 0) is 11.3 Å². The zero-order valence-electron chi connectivity index (χ0n) is 17.4. The normalized spacial score (nSPS) is 16.8. The lowest BCUT2D eigenvalue weighted by molar-refractivity contribution is -0.274. The lowest BCUT2D eigenvalue weighted by Gasteiger charge is -2.33. The van der Waals surface area contributed by atoms with E-state index in [1.165, 1.54) is 24.5 Å². The number of carbonyl (C=O) groups excluding carboxylic acids is 1. The van der Waals surface area contributed by atoms with Crippen molar-refractivity contribution in [1.29, 1.82) is 0 Å². The van der Waals surface area contributed by atoms with Crippen molar-refractivity contribution in [2.45, 2.75) is 32.2 Å². The Morgan fingerprint density at radius 2 is 1.88 bits per heavy atom. The molecule has 0 bridgehead atoms. The molecule has 1 aromatic carbocycles. The number of alkyl halides is 3. The Kier molecular flexibility index (Phi) is 6.63. The van der Waals surface area contributed by atoms with E-state index in [1.54, 1.807) is 4.90 Å². The quantitative estimate of drug-likeness (QED) is 0.721. The van der Waals surface area contributed by atoms with Gasteiger partial charge in [-0.15, -0.1) is 13.2 Å². The third-order valence-corrected chi connectivity index (χ3v) is 5.26. The zero-order valence-corrected chi connectivity index (χ0v) is 17.4. The van der Waals surface area contributed by atoms with Crippen LogP contribution in [0.25, 0.3) is 0 Å². The Balaban J connectivity index is 1.41. The lowest BCUT2D eigenvalue weighted by Crippen LogP contribution is -2.37. The van der Waals surface area contributed by atoms with Crippen molar-refractivity contribution >= 4 is 17.5 Å². The molecule has 32 heavy (non-hydrogen) atoms. The average molecular weight is 451 g/mol. The Hall–Kier alpha value is -3.08. The summed E-state index contributed by atoms with van der Waals surface area (Å²) in [4.78, 5) is 24.5. The van der Waals surface area contributed by atoms with Crippen LogP contribution in [0, 0.1) is 0 Å². The van der Waals surface area contributed by atoms with Gasteiger partial charge in [0.1, 0.15) is 12.5 Å². The van der Waals surface area contributed by atoms with E-state index < -0.39 is 6.36 Å². The number of nitrogens with zero attached hydrogens (tertiary/aromatic N) is 4. The first-order valence-electron chi connectivity index (χ1n) is 10.4. The maximum Gasteiger partial charge on any atom is 0.573 e. The highest BCUT2D eigenvalue weighted by molar-refractivity contribution is 5.93. The van der Waals surface area contributed by atoms with Gasteiger partial charge in [0, 0.05) is 56.9 Å². The number of amides is 1. The first kappa shape index (κ1) is 22.1. The van der Waals surface area contributed by atoms with Gasteiger partial charge in [0.15, 0.2) is 0 Å². The summed E-state index contributed by atoms with van der Waals surface area (Å²) in [5.41, 5.74) is 1.62. The van der Waals surface area contributed by atoms with Crippen LogP contribution in [0.15, 0.2) is 30.6 Å². The number of hydrogen-bond donors (Lipinski definition) is 1. The largest absolute Gasteiger partial charge is 0.573 e. The van der Waals surface area contributed by atoms with Crippen molar-refractivity contribution in [2.75, 3.05) is 43.2 Å². The van der Waals surface area contributed by atoms with Crippen LogP contribution in [0.2, 0.25) is 0 Å². The summed E-state index contributed by atoms with van der Waals surface area (Å²) in [6, 6.07) is 4.53. The number of carbonyl (C=O) groups is 1. The number of hydrogen-bond acceptors (Lipinski definition) is 7. The van der Waals surface area contributed by atoms with Gasteiger partial charge in [0.2, 0.25) is 5.95 Å². The first-order chi connectivity index (χ1) is 15.4. The van der Waals surface area contributed by atoms with Gasteiger partial charge in [-0.05, 0) is 37.0 Å². The molecule has 0 atom stereocenters. The van der Waals surface area contributed by atoms with Gasteiger partial charge in [-0.2, -0.15) is 0 Å². The van der Waals surface area contributed by atoms with Crippen molar-refractivity contribution in [2.24, 2.45) is 0 Å². The SMILES string of the molecule is O=C(c1cnc(NCc2cc(OC(F)(F)F)cc(N3CCC3)c2)nc1)N1CCCCOC1. The second-order valence-corrected chi connectivity index (χ2v) is 7.69. The number of halogens is 3. The molecule has 8 nitrogen and oxygen atoms in total. The molecular formula is C21H24F3N5O3. The summed E-state index contributed by atoms with van der Waals surface area (Å²) in [6.45, 7) is 3.29. The summed E-state index contributed by atoms with van der Waals surface area (Å²) in [5.74, 6) is -0.198. The molecule has 3 heterocycles.